The predicted molar refractivity (Wildman–Crippen MR) is 82.6 cm³/mol. The van der Waals surface area contributed by atoms with Gasteiger partial charge in [0.05, 0.1) is 6.61 Å². The minimum absolute atomic E-state index is 0.116. The highest BCUT2D eigenvalue weighted by Gasteiger charge is 2.20. The molecule has 1 atom stereocenters. The Labute approximate surface area is 120 Å². The van der Waals surface area contributed by atoms with Gasteiger partial charge >= 0.3 is 0 Å². The molecular formula is C16H35NO2. The summed E-state index contributed by atoms with van der Waals surface area (Å²) in [6, 6.07) is 0. The summed E-state index contributed by atoms with van der Waals surface area (Å²) in [5, 5.41) is 12.7. The van der Waals surface area contributed by atoms with Crippen LogP contribution in [0.5, 0.6) is 0 Å². The third kappa shape index (κ3) is 11.4. The van der Waals surface area contributed by atoms with E-state index in [1.165, 1.54) is 32.1 Å². The first-order chi connectivity index (χ1) is 9.18. The Bertz CT molecular complexity index is 188. The quantitative estimate of drug-likeness (QED) is 0.476. The molecule has 0 spiro atoms. The number of hydrogen-bond donors (Lipinski definition) is 2. The van der Waals surface area contributed by atoms with Crippen molar-refractivity contribution in [2.45, 2.75) is 77.7 Å². The molecule has 0 bridgehead atoms. The second kappa shape index (κ2) is 12.9. The van der Waals surface area contributed by atoms with Crippen LogP contribution in [0.1, 0.15) is 72.1 Å². The molecule has 0 aromatic heterocycles. The summed E-state index contributed by atoms with van der Waals surface area (Å²) in [7, 11) is 0. The van der Waals surface area contributed by atoms with Gasteiger partial charge in [-0.25, -0.2) is 0 Å². The van der Waals surface area contributed by atoms with Crippen molar-refractivity contribution < 1.29 is 9.84 Å². The van der Waals surface area contributed by atoms with E-state index in [0.29, 0.717) is 0 Å². The third-order valence-corrected chi connectivity index (χ3v) is 3.61. The molecule has 3 heteroatoms. The molecule has 0 aliphatic rings. The van der Waals surface area contributed by atoms with Crippen LogP contribution in [0.3, 0.4) is 0 Å². The van der Waals surface area contributed by atoms with E-state index in [1.54, 1.807) is 0 Å². The van der Waals surface area contributed by atoms with Gasteiger partial charge in [-0.15, -0.1) is 0 Å². The number of nitrogens with one attached hydrogen (secondary N) is 1. The van der Waals surface area contributed by atoms with Gasteiger partial charge in [0, 0.05) is 18.8 Å². The number of aliphatic hydroxyl groups is 1. The van der Waals surface area contributed by atoms with Crippen LogP contribution >= 0.6 is 0 Å². The predicted octanol–water partition coefficient (Wildman–Crippen LogP) is 3.50. The minimum Gasteiger partial charge on any atom is -0.394 e. The van der Waals surface area contributed by atoms with Crippen LogP contribution < -0.4 is 5.32 Å². The van der Waals surface area contributed by atoms with E-state index in [1.807, 2.05) is 0 Å². The van der Waals surface area contributed by atoms with Gasteiger partial charge in [0.15, 0.2) is 0 Å². The molecule has 116 valence electrons. The molecule has 0 rings (SSSR count). The topological polar surface area (TPSA) is 41.5 Å². The number of rotatable bonds is 14. The van der Waals surface area contributed by atoms with Crippen molar-refractivity contribution in [1.29, 1.82) is 0 Å². The maximum absolute atomic E-state index is 9.37. The van der Waals surface area contributed by atoms with Crippen LogP contribution in [0.4, 0.5) is 0 Å². The Hall–Kier alpha value is -0.120. The van der Waals surface area contributed by atoms with Crippen LogP contribution in [0, 0.1) is 0 Å². The SMILES string of the molecule is CCCCCCCOCCCCC(C)(CO)NCC. The van der Waals surface area contributed by atoms with E-state index in [0.717, 1.165) is 39.0 Å². The zero-order chi connectivity index (χ0) is 14.4. The van der Waals surface area contributed by atoms with Crippen LogP contribution in [-0.4, -0.2) is 37.0 Å². The van der Waals surface area contributed by atoms with Gasteiger partial charge < -0.3 is 15.2 Å². The molecule has 19 heavy (non-hydrogen) atoms. The molecule has 0 saturated carbocycles. The highest BCUT2D eigenvalue weighted by molar-refractivity contribution is 4.81. The van der Waals surface area contributed by atoms with Crippen LogP contribution in [0.2, 0.25) is 0 Å². The maximum Gasteiger partial charge on any atom is 0.0610 e. The standard InChI is InChI=1S/C16H35NO2/c1-4-6-7-8-10-13-19-14-11-9-12-16(3,15-18)17-5-2/h17-18H,4-15H2,1-3H3. The molecule has 0 aromatic carbocycles. The minimum atomic E-state index is -0.116. The summed E-state index contributed by atoms with van der Waals surface area (Å²) in [5.74, 6) is 0. The van der Waals surface area contributed by atoms with E-state index in [2.05, 4.69) is 26.1 Å². The zero-order valence-corrected chi connectivity index (χ0v) is 13.3. The van der Waals surface area contributed by atoms with Crippen LogP contribution in [-0.2, 0) is 4.74 Å². The summed E-state index contributed by atoms with van der Waals surface area (Å²) in [4.78, 5) is 0. The van der Waals surface area contributed by atoms with E-state index < -0.39 is 0 Å². The summed E-state index contributed by atoms with van der Waals surface area (Å²) >= 11 is 0. The second-order valence-corrected chi connectivity index (χ2v) is 5.73. The van der Waals surface area contributed by atoms with Gasteiger partial charge in [0.1, 0.15) is 0 Å². The molecule has 0 amide bonds. The van der Waals surface area contributed by atoms with Crippen molar-refractivity contribution in [2.24, 2.45) is 0 Å². The van der Waals surface area contributed by atoms with Crippen molar-refractivity contribution in [3.05, 3.63) is 0 Å². The van der Waals surface area contributed by atoms with Crippen molar-refractivity contribution in [3.63, 3.8) is 0 Å². The summed E-state index contributed by atoms with van der Waals surface area (Å²) in [6.45, 7) is 9.30. The van der Waals surface area contributed by atoms with Gasteiger partial charge in [-0.05, 0) is 39.2 Å². The van der Waals surface area contributed by atoms with Crippen LogP contribution in [0.15, 0.2) is 0 Å². The summed E-state index contributed by atoms with van der Waals surface area (Å²) in [6.07, 6.45) is 9.72. The lowest BCUT2D eigenvalue weighted by molar-refractivity contribution is 0.118. The number of likely N-dealkylation sites (N-methyl/N-ethyl adjacent to an activating group) is 1. The molecule has 0 aliphatic carbocycles. The first-order valence-electron chi connectivity index (χ1n) is 8.12. The molecule has 3 nitrogen and oxygen atoms in total. The van der Waals surface area contributed by atoms with Gasteiger partial charge in [-0.1, -0.05) is 39.5 Å². The number of hydrogen-bond acceptors (Lipinski definition) is 3. The second-order valence-electron chi connectivity index (χ2n) is 5.73. The van der Waals surface area contributed by atoms with Gasteiger partial charge in [-0.3, -0.25) is 0 Å². The molecule has 0 aromatic rings. The Morgan fingerprint density at radius 3 is 2.16 bits per heavy atom. The van der Waals surface area contributed by atoms with E-state index in [9.17, 15) is 5.11 Å². The first-order valence-corrected chi connectivity index (χ1v) is 8.12. The lowest BCUT2D eigenvalue weighted by Crippen LogP contribution is -2.45. The lowest BCUT2D eigenvalue weighted by Gasteiger charge is -2.28. The fourth-order valence-corrected chi connectivity index (χ4v) is 2.28. The monoisotopic (exact) mass is 273 g/mol. The summed E-state index contributed by atoms with van der Waals surface area (Å²) in [5.41, 5.74) is -0.116. The fraction of sp³-hybridized carbons (Fsp3) is 1.00. The Kier molecular flexibility index (Phi) is 12.8. The van der Waals surface area contributed by atoms with Crippen molar-refractivity contribution in [1.82, 2.24) is 5.32 Å². The van der Waals surface area contributed by atoms with Crippen LogP contribution in [0.25, 0.3) is 0 Å². The molecule has 0 fully saturated rings. The molecule has 0 saturated heterocycles. The smallest absolute Gasteiger partial charge is 0.0610 e. The van der Waals surface area contributed by atoms with Crippen molar-refractivity contribution in [2.75, 3.05) is 26.4 Å². The Morgan fingerprint density at radius 2 is 1.58 bits per heavy atom. The van der Waals surface area contributed by atoms with Gasteiger partial charge in [0.25, 0.3) is 0 Å². The van der Waals surface area contributed by atoms with Crippen molar-refractivity contribution >= 4 is 0 Å². The highest BCUT2D eigenvalue weighted by atomic mass is 16.5. The normalized spacial score (nSPS) is 14.5. The van der Waals surface area contributed by atoms with Gasteiger partial charge in [0.2, 0.25) is 0 Å². The highest BCUT2D eigenvalue weighted by Crippen LogP contribution is 2.13. The Balaban J connectivity index is 3.30. The third-order valence-electron chi connectivity index (χ3n) is 3.61. The van der Waals surface area contributed by atoms with E-state index in [4.69, 9.17) is 4.74 Å². The Morgan fingerprint density at radius 1 is 0.947 bits per heavy atom. The number of aliphatic hydroxyl groups excluding tert-OH is 1. The first kappa shape index (κ1) is 18.9. The van der Waals surface area contributed by atoms with Gasteiger partial charge in [-0.2, -0.15) is 0 Å². The number of ether oxygens (including phenoxy) is 1. The summed E-state index contributed by atoms with van der Waals surface area (Å²) < 4.78 is 5.64. The fourth-order valence-electron chi connectivity index (χ4n) is 2.28. The molecule has 0 heterocycles. The zero-order valence-electron chi connectivity index (χ0n) is 13.3. The molecule has 0 aliphatic heterocycles. The molecule has 2 N–H and O–H groups in total. The van der Waals surface area contributed by atoms with Crippen molar-refractivity contribution in [3.8, 4) is 0 Å². The largest absolute Gasteiger partial charge is 0.394 e. The molecular weight excluding hydrogens is 238 g/mol. The average molecular weight is 273 g/mol. The maximum atomic E-state index is 9.37. The lowest BCUT2D eigenvalue weighted by atomic mass is 9.96. The number of unbranched alkanes of at least 4 members (excludes halogenated alkanes) is 5. The average Bonchev–Trinajstić information content (AvgIpc) is 2.41. The van der Waals surface area contributed by atoms with E-state index >= 15 is 0 Å². The molecule has 1 unspecified atom stereocenters. The molecule has 0 radical (unpaired) electrons. The van der Waals surface area contributed by atoms with E-state index in [-0.39, 0.29) is 12.1 Å².